The number of pyridine rings is 1. The maximum Gasteiger partial charge on any atom is 0.225 e. The van der Waals surface area contributed by atoms with Gasteiger partial charge in [-0.3, -0.25) is 4.79 Å². The molecule has 1 saturated heterocycles. The van der Waals surface area contributed by atoms with Crippen molar-refractivity contribution in [1.82, 2.24) is 29.4 Å². The van der Waals surface area contributed by atoms with Crippen molar-refractivity contribution in [3.8, 4) is 11.3 Å². The third-order valence-electron chi connectivity index (χ3n) is 9.75. The van der Waals surface area contributed by atoms with E-state index in [4.69, 9.17) is 5.11 Å². The van der Waals surface area contributed by atoms with Crippen LogP contribution in [0.1, 0.15) is 78.5 Å². The van der Waals surface area contributed by atoms with E-state index in [1.54, 1.807) is 6.33 Å². The molecule has 0 unspecified atom stereocenters. The summed E-state index contributed by atoms with van der Waals surface area (Å²) in [5.74, 6) is 2.02. The number of nitrogens with zero attached hydrogens (tertiary/aromatic N) is 5. The van der Waals surface area contributed by atoms with Crippen LogP contribution in [0.25, 0.3) is 27.1 Å². The van der Waals surface area contributed by atoms with Gasteiger partial charge in [-0.2, -0.15) is 5.10 Å². The number of hydrogen-bond donors (Lipinski definition) is 2. The molecule has 0 aromatic carbocycles. The second-order valence-electron chi connectivity index (χ2n) is 12.8. The first-order valence-electron chi connectivity index (χ1n) is 15.2. The SMILES string of the molecule is Cc1c(-c2[nH]c3sc(C4CCN(C(=O)[C@H]5C[C@@H](CN(C)CCO)C5)CC4)c(C)c3c2C(C)C)cn2ncnc2c1C. The predicted octanol–water partition coefficient (Wildman–Crippen LogP) is 5.64. The summed E-state index contributed by atoms with van der Waals surface area (Å²) in [6.45, 7) is 14.8. The lowest BCUT2D eigenvalue weighted by Crippen LogP contribution is -2.47. The number of carbonyl (C=O) groups excluding carboxylic acids is 1. The van der Waals surface area contributed by atoms with Crippen LogP contribution in [0.2, 0.25) is 0 Å². The van der Waals surface area contributed by atoms with Crippen molar-refractivity contribution in [1.29, 1.82) is 0 Å². The molecule has 4 aromatic heterocycles. The highest BCUT2D eigenvalue weighted by Gasteiger charge is 2.38. The Kier molecular flexibility index (Phi) is 7.72. The van der Waals surface area contributed by atoms with Gasteiger partial charge in [0.05, 0.1) is 12.3 Å². The Bertz CT molecular complexity index is 1570. The van der Waals surface area contributed by atoms with Crippen LogP contribution in [0.15, 0.2) is 12.5 Å². The maximum absolute atomic E-state index is 13.2. The van der Waals surface area contributed by atoms with E-state index in [2.05, 4.69) is 72.7 Å². The highest BCUT2D eigenvalue weighted by Crippen LogP contribution is 2.47. The fraction of sp³-hybridized carbons (Fsp3) is 0.594. The van der Waals surface area contributed by atoms with Crippen molar-refractivity contribution in [3.05, 3.63) is 39.7 Å². The number of piperidine rings is 1. The number of hydrogen-bond acceptors (Lipinski definition) is 6. The summed E-state index contributed by atoms with van der Waals surface area (Å²) >= 11 is 1.92. The predicted molar refractivity (Wildman–Crippen MR) is 166 cm³/mol. The zero-order valence-electron chi connectivity index (χ0n) is 25.3. The smallest absolute Gasteiger partial charge is 0.225 e. The van der Waals surface area contributed by atoms with Gasteiger partial charge in [-0.05, 0) is 93.5 Å². The normalized spacial score (nSPS) is 20.2. The molecule has 220 valence electrons. The van der Waals surface area contributed by atoms with Gasteiger partial charge in [-0.25, -0.2) is 9.50 Å². The van der Waals surface area contributed by atoms with Crippen molar-refractivity contribution in [3.63, 3.8) is 0 Å². The fourth-order valence-electron chi connectivity index (χ4n) is 7.29. The molecule has 2 N–H and O–H groups in total. The molecule has 2 aliphatic rings. The fourth-order valence-corrected chi connectivity index (χ4v) is 8.69. The van der Waals surface area contributed by atoms with Crippen molar-refractivity contribution >= 4 is 33.1 Å². The second kappa shape index (κ2) is 11.2. The quantitative estimate of drug-likeness (QED) is 0.283. The monoisotopic (exact) mass is 576 g/mol. The number of carbonyl (C=O) groups is 1. The molecule has 1 saturated carbocycles. The molecule has 41 heavy (non-hydrogen) atoms. The second-order valence-corrected chi connectivity index (χ2v) is 13.9. The first-order valence-corrected chi connectivity index (χ1v) is 16.0. The van der Waals surface area contributed by atoms with E-state index in [0.717, 1.165) is 56.5 Å². The number of H-pyrrole nitrogens is 1. The molecular formula is C32H44N6O2S. The van der Waals surface area contributed by atoms with Crippen LogP contribution in [-0.2, 0) is 4.79 Å². The zero-order valence-corrected chi connectivity index (χ0v) is 26.1. The lowest BCUT2D eigenvalue weighted by atomic mass is 9.73. The average Bonchev–Trinajstić information content (AvgIpc) is 3.63. The average molecular weight is 577 g/mol. The third-order valence-corrected chi connectivity index (χ3v) is 11.1. The van der Waals surface area contributed by atoms with Gasteiger partial charge in [-0.1, -0.05) is 13.8 Å². The van der Waals surface area contributed by atoms with E-state index in [1.807, 2.05) is 15.9 Å². The largest absolute Gasteiger partial charge is 0.395 e. The number of rotatable bonds is 8. The first kappa shape index (κ1) is 28.4. The standard InChI is InChI=1S/C32H44N6O2S/c1-18(2)26-27-21(5)29(41-31(27)35-28(26)25-16-38-30(33-17-34-38)20(4)19(25)3)23-7-9-37(10-8-23)32(40)24-13-22(14-24)15-36(6)11-12-39/h16-18,22-24,35,39H,7-15H2,1-6H3/t22-,24+. The van der Waals surface area contributed by atoms with Crippen molar-refractivity contribution in [2.45, 2.75) is 72.1 Å². The molecule has 1 aliphatic carbocycles. The summed E-state index contributed by atoms with van der Waals surface area (Å²) in [6.07, 6.45) is 7.80. The Morgan fingerprint density at radius 3 is 2.59 bits per heavy atom. The van der Waals surface area contributed by atoms with E-state index in [1.165, 1.54) is 43.0 Å². The minimum absolute atomic E-state index is 0.191. The number of aromatic nitrogens is 4. The molecule has 1 aliphatic heterocycles. The number of likely N-dealkylation sites (N-methyl/N-ethyl adjacent to an activating group) is 1. The summed E-state index contributed by atoms with van der Waals surface area (Å²) in [4.78, 5) is 28.6. The van der Waals surface area contributed by atoms with Crippen molar-refractivity contribution in [2.24, 2.45) is 11.8 Å². The van der Waals surface area contributed by atoms with Crippen LogP contribution < -0.4 is 0 Å². The van der Waals surface area contributed by atoms with Crippen molar-refractivity contribution in [2.75, 3.05) is 39.8 Å². The summed E-state index contributed by atoms with van der Waals surface area (Å²) in [6, 6.07) is 0. The third kappa shape index (κ3) is 5.00. The summed E-state index contributed by atoms with van der Waals surface area (Å²) in [5.41, 5.74) is 8.51. The molecule has 2 fully saturated rings. The molecule has 9 heteroatoms. The van der Waals surface area contributed by atoms with Crippen LogP contribution in [0.3, 0.4) is 0 Å². The molecule has 0 atom stereocenters. The number of aryl methyl sites for hydroxylation is 2. The van der Waals surface area contributed by atoms with Gasteiger partial charge in [0.25, 0.3) is 0 Å². The lowest BCUT2D eigenvalue weighted by Gasteiger charge is -2.41. The summed E-state index contributed by atoms with van der Waals surface area (Å²) < 4.78 is 1.89. The number of nitrogens with one attached hydrogen (secondary N) is 1. The summed E-state index contributed by atoms with van der Waals surface area (Å²) in [7, 11) is 2.05. The van der Waals surface area contributed by atoms with Crippen LogP contribution in [0, 0.1) is 32.6 Å². The number of fused-ring (bicyclic) bond motifs is 2. The van der Waals surface area contributed by atoms with E-state index >= 15 is 0 Å². The van der Waals surface area contributed by atoms with Gasteiger partial charge in [0.1, 0.15) is 11.2 Å². The molecule has 4 aromatic rings. The Balaban J connectivity index is 1.18. The number of likely N-dealkylation sites (tertiary alicyclic amines) is 1. The van der Waals surface area contributed by atoms with Gasteiger partial charge in [0.15, 0.2) is 5.65 Å². The maximum atomic E-state index is 13.2. The molecule has 0 bridgehead atoms. The van der Waals surface area contributed by atoms with Gasteiger partial charge in [0.2, 0.25) is 5.91 Å². The van der Waals surface area contributed by atoms with Crippen LogP contribution >= 0.6 is 11.3 Å². The molecule has 1 amide bonds. The molecule has 0 radical (unpaired) electrons. The van der Waals surface area contributed by atoms with Crippen LogP contribution in [0.4, 0.5) is 0 Å². The topological polar surface area (TPSA) is 89.8 Å². The Hall–Kier alpha value is -2.75. The Morgan fingerprint density at radius 1 is 1.17 bits per heavy atom. The van der Waals surface area contributed by atoms with E-state index in [9.17, 15) is 4.79 Å². The molecule has 5 heterocycles. The van der Waals surface area contributed by atoms with Gasteiger partial charge in [-0.15, -0.1) is 11.3 Å². The summed E-state index contributed by atoms with van der Waals surface area (Å²) in [5, 5.41) is 15.0. The first-order chi connectivity index (χ1) is 19.7. The van der Waals surface area contributed by atoms with Gasteiger partial charge in [0, 0.05) is 54.1 Å². The van der Waals surface area contributed by atoms with Gasteiger partial charge < -0.3 is 19.9 Å². The number of aliphatic hydroxyl groups is 1. The zero-order chi connectivity index (χ0) is 29.0. The van der Waals surface area contributed by atoms with Crippen LogP contribution in [0.5, 0.6) is 0 Å². The number of thiophene rings is 1. The number of aromatic amines is 1. The molecular weight excluding hydrogens is 532 g/mol. The molecule has 8 nitrogen and oxygen atoms in total. The van der Waals surface area contributed by atoms with E-state index in [-0.39, 0.29) is 12.5 Å². The van der Waals surface area contributed by atoms with E-state index < -0.39 is 0 Å². The molecule has 6 rings (SSSR count). The highest BCUT2D eigenvalue weighted by atomic mass is 32.1. The Morgan fingerprint density at radius 2 is 1.90 bits per heavy atom. The lowest BCUT2D eigenvalue weighted by molar-refractivity contribution is -0.141. The van der Waals surface area contributed by atoms with Crippen LogP contribution in [-0.4, -0.2) is 80.2 Å². The van der Waals surface area contributed by atoms with Gasteiger partial charge >= 0.3 is 0 Å². The molecule has 0 spiro atoms. The minimum Gasteiger partial charge on any atom is -0.395 e. The number of aliphatic hydroxyl groups excluding tert-OH is 1. The Labute approximate surface area is 246 Å². The van der Waals surface area contributed by atoms with E-state index in [0.29, 0.717) is 30.2 Å². The number of amides is 1. The minimum atomic E-state index is 0.191. The van der Waals surface area contributed by atoms with Crippen molar-refractivity contribution < 1.29 is 9.90 Å². The highest BCUT2D eigenvalue weighted by molar-refractivity contribution is 7.19.